The van der Waals surface area contributed by atoms with Crippen LogP contribution >= 0.6 is 27.5 Å². The summed E-state index contributed by atoms with van der Waals surface area (Å²) in [6, 6.07) is 18.9. The van der Waals surface area contributed by atoms with Crippen LogP contribution in [0, 0.1) is 35.5 Å². The lowest BCUT2D eigenvalue weighted by Gasteiger charge is -2.37. The fourth-order valence-corrected chi connectivity index (χ4v) is 7.36. The third-order valence-electron chi connectivity index (χ3n) is 8.98. The number of imide groups is 1. The van der Waals surface area contributed by atoms with Crippen molar-refractivity contribution in [2.24, 2.45) is 35.5 Å². The van der Waals surface area contributed by atoms with Crippen molar-refractivity contribution in [3.05, 3.63) is 111 Å². The van der Waals surface area contributed by atoms with Crippen LogP contribution < -0.4 is 4.74 Å². The van der Waals surface area contributed by atoms with E-state index in [0.29, 0.717) is 17.4 Å². The molecule has 43 heavy (non-hydrogen) atoms. The standard InChI is InChI=1S/C33H24BrClN2O6/c34-19-9-5-18(6-10-19)33(42)43-20-11-7-17(8-12-20)27(38)16-36(30(39)23-3-1-2-4-26(23)35)37-31(40)28-21-13-14-22(25-15-24(21)25)29(28)32(37)41/h1-14,21-22,24-25,28-29H,15-16H2/t21-,22-,24-,25-,28+,29+/m0/s1. The van der Waals surface area contributed by atoms with E-state index in [1.807, 2.05) is 12.2 Å². The molecule has 0 unspecified atom stereocenters. The highest BCUT2D eigenvalue weighted by atomic mass is 79.9. The summed E-state index contributed by atoms with van der Waals surface area (Å²) in [4.78, 5) is 67.6. The number of halogens is 2. The van der Waals surface area contributed by atoms with Gasteiger partial charge in [0.1, 0.15) is 12.3 Å². The molecule has 3 amide bonds. The molecule has 10 heteroatoms. The van der Waals surface area contributed by atoms with Crippen molar-refractivity contribution < 1.29 is 28.7 Å². The van der Waals surface area contributed by atoms with Gasteiger partial charge in [-0.15, -0.1) is 0 Å². The molecule has 2 bridgehead atoms. The van der Waals surface area contributed by atoms with Crippen molar-refractivity contribution in [2.45, 2.75) is 6.42 Å². The summed E-state index contributed by atoms with van der Waals surface area (Å²) >= 11 is 9.66. The number of nitrogens with zero attached hydrogens (tertiary/aromatic N) is 2. The predicted octanol–water partition coefficient (Wildman–Crippen LogP) is 5.61. The minimum absolute atomic E-state index is 0.0397. The smallest absolute Gasteiger partial charge is 0.343 e. The number of rotatable bonds is 7. The Kier molecular flexibility index (Phi) is 6.82. The van der Waals surface area contributed by atoms with Crippen LogP contribution in [0.25, 0.3) is 0 Å². The van der Waals surface area contributed by atoms with Crippen LogP contribution in [0.1, 0.15) is 37.5 Å². The molecule has 0 spiro atoms. The number of hydrogen-bond acceptors (Lipinski definition) is 6. The number of hydrogen-bond donors (Lipinski definition) is 0. The number of hydrazine groups is 1. The summed E-state index contributed by atoms with van der Waals surface area (Å²) in [6.45, 7) is -0.561. The van der Waals surface area contributed by atoms with Crippen molar-refractivity contribution in [1.82, 2.24) is 10.0 Å². The van der Waals surface area contributed by atoms with Crippen LogP contribution in [0.15, 0.2) is 89.4 Å². The van der Waals surface area contributed by atoms with E-state index in [4.69, 9.17) is 16.3 Å². The van der Waals surface area contributed by atoms with Crippen molar-refractivity contribution in [2.75, 3.05) is 6.54 Å². The molecule has 8 rings (SSSR count). The first-order valence-corrected chi connectivity index (χ1v) is 15.1. The van der Waals surface area contributed by atoms with E-state index in [0.717, 1.165) is 20.9 Å². The van der Waals surface area contributed by atoms with Crippen LogP contribution in [0.4, 0.5) is 0 Å². The lowest BCUT2D eigenvalue weighted by molar-refractivity contribution is -0.154. The molecular formula is C33H24BrClN2O6. The minimum Gasteiger partial charge on any atom is -0.423 e. The number of carbonyl (C=O) groups is 5. The number of esters is 1. The van der Waals surface area contributed by atoms with E-state index in [1.165, 1.54) is 36.4 Å². The van der Waals surface area contributed by atoms with Gasteiger partial charge < -0.3 is 4.74 Å². The van der Waals surface area contributed by atoms with E-state index in [2.05, 4.69) is 15.9 Å². The summed E-state index contributed by atoms with van der Waals surface area (Å²) in [5, 5.41) is 1.98. The van der Waals surface area contributed by atoms with Gasteiger partial charge in [0.2, 0.25) is 0 Å². The molecule has 3 aromatic rings. The highest BCUT2D eigenvalue weighted by Gasteiger charge is 2.68. The van der Waals surface area contributed by atoms with Crippen LogP contribution in [0.3, 0.4) is 0 Å². The third-order valence-corrected chi connectivity index (χ3v) is 9.84. The zero-order valence-electron chi connectivity index (χ0n) is 22.6. The average Bonchev–Trinajstić information content (AvgIpc) is 3.79. The molecule has 0 radical (unpaired) electrons. The van der Waals surface area contributed by atoms with Crippen LogP contribution in [0.2, 0.25) is 5.02 Å². The largest absolute Gasteiger partial charge is 0.423 e. The second-order valence-electron chi connectivity index (χ2n) is 11.3. The Balaban J connectivity index is 1.14. The summed E-state index contributed by atoms with van der Waals surface area (Å²) in [6.07, 6.45) is 5.10. The van der Waals surface area contributed by atoms with E-state index in [1.54, 1.807) is 36.4 Å². The number of ether oxygens (including phenoxy) is 1. The second-order valence-corrected chi connectivity index (χ2v) is 12.7. The first kappa shape index (κ1) is 27.7. The van der Waals surface area contributed by atoms with Crippen molar-refractivity contribution in [1.29, 1.82) is 0 Å². The number of amides is 3. The predicted molar refractivity (Wildman–Crippen MR) is 159 cm³/mol. The molecule has 5 aliphatic rings. The van der Waals surface area contributed by atoms with Gasteiger partial charge in [-0.3, -0.25) is 19.2 Å². The fraction of sp³-hybridized carbons (Fsp3) is 0.242. The van der Waals surface area contributed by atoms with Gasteiger partial charge in [0.05, 0.1) is 28.0 Å². The molecule has 216 valence electrons. The number of benzene rings is 3. The van der Waals surface area contributed by atoms with Crippen LogP contribution in [0.5, 0.6) is 5.75 Å². The van der Waals surface area contributed by atoms with Gasteiger partial charge in [0.15, 0.2) is 5.78 Å². The Morgan fingerprint density at radius 2 is 1.42 bits per heavy atom. The molecule has 8 nitrogen and oxygen atoms in total. The topological polar surface area (TPSA) is 101 Å². The normalized spacial score (nSPS) is 26.1. The zero-order chi connectivity index (χ0) is 30.0. The molecule has 1 saturated heterocycles. The molecule has 3 fully saturated rings. The van der Waals surface area contributed by atoms with E-state index in [9.17, 15) is 24.0 Å². The molecule has 4 aliphatic carbocycles. The molecule has 2 saturated carbocycles. The van der Waals surface area contributed by atoms with Gasteiger partial charge in [0, 0.05) is 10.0 Å². The van der Waals surface area contributed by atoms with Crippen molar-refractivity contribution in [3.8, 4) is 5.75 Å². The fourth-order valence-electron chi connectivity index (χ4n) is 6.87. The maximum atomic E-state index is 13.9. The number of carbonyl (C=O) groups excluding carboxylic acids is 5. The van der Waals surface area contributed by atoms with Gasteiger partial charge in [-0.2, -0.15) is 5.01 Å². The highest BCUT2D eigenvalue weighted by molar-refractivity contribution is 9.10. The zero-order valence-corrected chi connectivity index (χ0v) is 24.9. The Labute approximate surface area is 260 Å². The Bertz CT molecular complexity index is 1690. The first-order valence-electron chi connectivity index (χ1n) is 14.0. The Hall–Kier alpha value is -4.08. The van der Waals surface area contributed by atoms with Crippen LogP contribution in [-0.2, 0) is 9.59 Å². The van der Waals surface area contributed by atoms with E-state index < -0.39 is 47.9 Å². The summed E-state index contributed by atoms with van der Waals surface area (Å²) < 4.78 is 6.24. The molecule has 0 N–H and O–H groups in total. The average molecular weight is 660 g/mol. The lowest BCUT2D eigenvalue weighted by Crippen LogP contribution is -2.52. The van der Waals surface area contributed by atoms with E-state index in [-0.39, 0.29) is 33.7 Å². The monoisotopic (exact) mass is 658 g/mol. The van der Waals surface area contributed by atoms with Gasteiger partial charge >= 0.3 is 5.97 Å². The van der Waals surface area contributed by atoms with Gasteiger partial charge in [0.25, 0.3) is 17.7 Å². The SMILES string of the molecule is O=C(CN(C(=O)c1ccccc1Cl)N1C(=O)[C@@H]2[C@H]3C=C[C@@H]([C@@H]4C[C@@H]34)[C@H]2C1=O)c1ccc(OC(=O)c2ccc(Br)cc2)cc1. The molecule has 1 heterocycles. The highest BCUT2D eigenvalue weighted by Crippen LogP contribution is 2.65. The quantitative estimate of drug-likeness (QED) is 0.107. The Morgan fingerprint density at radius 3 is 2.02 bits per heavy atom. The maximum absolute atomic E-state index is 13.9. The first-order chi connectivity index (χ1) is 20.7. The summed E-state index contributed by atoms with van der Waals surface area (Å²) in [5.41, 5.74) is 0.644. The Morgan fingerprint density at radius 1 is 0.837 bits per heavy atom. The number of ketones is 1. The third kappa shape index (κ3) is 4.71. The summed E-state index contributed by atoms with van der Waals surface area (Å²) in [7, 11) is 0. The molecule has 0 aromatic heterocycles. The summed E-state index contributed by atoms with van der Waals surface area (Å²) in [5.74, 6) is -2.85. The minimum atomic E-state index is -0.718. The van der Waals surface area contributed by atoms with Gasteiger partial charge in [-0.1, -0.05) is 51.8 Å². The second kappa shape index (κ2) is 10.6. The molecular weight excluding hydrogens is 636 g/mol. The molecule has 1 aliphatic heterocycles. The van der Waals surface area contributed by atoms with Gasteiger partial charge in [-0.25, -0.2) is 9.80 Å². The van der Waals surface area contributed by atoms with Crippen molar-refractivity contribution >= 4 is 57.0 Å². The molecule has 6 atom stereocenters. The maximum Gasteiger partial charge on any atom is 0.343 e. The number of allylic oxidation sites excluding steroid dienone is 2. The van der Waals surface area contributed by atoms with Crippen LogP contribution in [-0.4, -0.2) is 46.0 Å². The van der Waals surface area contributed by atoms with Crippen molar-refractivity contribution in [3.63, 3.8) is 0 Å². The van der Waals surface area contributed by atoms with E-state index >= 15 is 0 Å². The lowest BCUT2D eigenvalue weighted by atomic mass is 9.63. The molecule has 3 aromatic carbocycles. The number of Topliss-reactive ketones (excluding diaryl/α,β-unsaturated/α-hetero) is 1. The van der Waals surface area contributed by atoms with Gasteiger partial charge in [-0.05, 0) is 90.8 Å².